The van der Waals surface area contributed by atoms with Crippen LogP contribution in [0.15, 0.2) is 58.7 Å². The minimum absolute atomic E-state index is 0.0272. The number of hydrogen-bond donors (Lipinski definition) is 1. The number of rotatable bonds is 4. The van der Waals surface area contributed by atoms with Crippen molar-refractivity contribution >= 4 is 20.7 Å². The maximum Gasteiger partial charge on any atom is 0.243 e. The molecule has 0 radical (unpaired) electrons. The van der Waals surface area contributed by atoms with Crippen LogP contribution in [-0.2, 0) is 16.4 Å². The summed E-state index contributed by atoms with van der Waals surface area (Å²) in [6.07, 6.45) is 3.70. The van der Waals surface area contributed by atoms with Crippen LogP contribution in [0.25, 0.3) is 10.9 Å². The van der Waals surface area contributed by atoms with Crippen LogP contribution in [-0.4, -0.2) is 35.8 Å². The van der Waals surface area contributed by atoms with E-state index in [1.54, 1.807) is 22.9 Å². The molecule has 0 saturated carbocycles. The van der Waals surface area contributed by atoms with E-state index >= 15 is 0 Å². The smallest absolute Gasteiger partial charge is 0.243 e. The Morgan fingerprint density at radius 1 is 1.17 bits per heavy atom. The Hall–Kier alpha value is -2.25. The molecule has 3 heterocycles. The molecule has 1 saturated heterocycles. The van der Waals surface area contributed by atoms with Gasteiger partial charge >= 0.3 is 0 Å². The third-order valence-corrected chi connectivity index (χ3v) is 5.95. The second-order valence-electron chi connectivity index (χ2n) is 5.97. The Balaban J connectivity index is 1.84. The lowest BCUT2D eigenvalue weighted by Gasteiger charge is -2.10. The summed E-state index contributed by atoms with van der Waals surface area (Å²) in [4.78, 5) is 4.00. The van der Waals surface area contributed by atoms with E-state index in [1.165, 1.54) is 12.3 Å². The zero-order valence-electron chi connectivity index (χ0n) is 13.1. The molecule has 7 heteroatoms. The van der Waals surface area contributed by atoms with Crippen molar-refractivity contribution in [2.75, 3.05) is 6.54 Å². The lowest BCUT2D eigenvalue weighted by Crippen LogP contribution is -2.27. The van der Waals surface area contributed by atoms with E-state index < -0.39 is 9.84 Å². The third-order valence-electron chi connectivity index (χ3n) is 4.35. The first-order chi connectivity index (χ1) is 11.7. The van der Waals surface area contributed by atoms with Crippen LogP contribution in [0.1, 0.15) is 12.8 Å². The number of benzene rings is 1. The number of nitrogens with zero attached hydrogens (tertiary/aromatic N) is 3. The Labute approximate surface area is 140 Å². The van der Waals surface area contributed by atoms with Gasteiger partial charge in [0.05, 0.1) is 12.1 Å². The molecule has 1 aliphatic heterocycles. The highest BCUT2D eigenvalue weighted by atomic mass is 32.2. The molecule has 24 heavy (non-hydrogen) atoms. The van der Waals surface area contributed by atoms with Crippen molar-refractivity contribution in [2.24, 2.45) is 0 Å². The number of pyridine rings is 1. The first-order valence-corrected chi connectivity index (χ1v) is 9.49. The van der Waals surface area contributed by atoms with Crippen molar-refractivity contribution in [1.82, 2.24) is 20.1 Å². The molecule has 1 fully saturated rings. The fraction of sp³-hybridized carbons (Fsp3) is 0.294. The van der Waals surface area contributed by atoms with Gasteiger partial charge in [0, 0.05) is 17.6 Å². The Morgan fingerprint density at radius 3 is 2.75 bits per heavy atom. The molecule has 1 aromatic carbocycles. The van der Waals surface area contributed by atoms with Crippen molar-refractivity contribution in [2.45, 2.75) is 35.5 Å². The van der Waals surface area contributed by atoms with Gasteiger partial charge < -0.3 is 5.32 Å². The van der Waals surface area contributed by atoms with Gasteiger partial charge in [0.2, 0.25) is 9.84 Å². The van der Waals surface area contributed by atoms with E-state index in [2.05, 4.69) is 15.4 Å². The monoisotopic (exact) mass is 342 g/mol. The molecule has 0 bridgehead atoms. The van der Waals surface area contributed by atoms with Gasteiger partial charge in [0.15, 0.2) is 10.1 Å². The number of para-hydroxylation sites is 1. The maximum atomic E-state index is 12.9. The van der Waals surface area contributed by atoms with E-state index in [-0.39, 0.29) is 10.1 Å². The Kier molecular flexibility index (Phi) is 3.82. The normalized spacial score (nSPS) is 18.2. The van der Waals surface area contributed by atoms with Gasteiger partial charge in [-0.3, -0.25) is 4.68 Å². The van der Waals surface area contributed by atoms with Crippen molar-refractivity contribution in [3.05, 3.63) is 48.7 Å². The zero-order chi connectivity index (χ0) is 16.6. The first kappa shape index (κ1) is 15.3. The number of sulfone groups is 1. The molecule has 3 aromatic rings. The van der Waals surface area contributed by atoms with Crippen molar-refractivity contribution in [3.63, 3.8) is 0 Å². The number of fused-ring (bicyclic) bond motifs is 1. The van der Waals surface area contributed by atoms with Gasteiger partial charge in [-0.05, 0) is 43.7 Å². The zero-order valence-corrected chi connectivity index (χ0v) is 13.9. The Bertz CT molecular complexity index is 961. The van der Waals surface area contributed by atoms with Crippen LogP contribution < -0.4 is 5.32 Å². The summed E-state index contributed by atoms with van der Waals surface area (Å²) in [5.74, 6) is 0. The fourth-order valence-corrected chi connectivity index (χ4v) is 4.48. The molecule has 0 aliphatic carbocycles. The molecule has 1 N–H and O–H groups in total. The molecule has 4 rings (SSSR count). The number of nitrogens with one attached hydrogen (secondary N) is 1. The van der Waals surface area contributed by atoms with Gasteiger partial charge in [0.25, 0.3) is 0 Å². The third kappa shape index (κ3) is 2.59. The first-order valence-electron chi connectivity index (χ1n) is 8.01. The molecule has 124 valence electrons. The summed E-state index contributed by atoms with van der Waals surface area (Å²) in [6.45, 7) is 1.67. The summed E-state index contributed by atoms with van der Waals surface area (Å²) in [5.41, 5.74) is 0.834. The summed E-state index contributed by atoms with van der Waals surface area (Å²) in [6, 6.07) is 12.6. The Morgan fingerprint density at radius 2 is 2.00 bits per heavy atom. The average molecular weight is 342 g/mol. The molecule has 1 aliphatic rings. The number of hydrogen-bond acceptors (Lipinski definition) is 5. The van der Waals surface area contributed by atoms with Crippen LogP contribution in [0.2, 0.25) is 0 Å². The standard InChI is InChI=1S/C17H18N4O2S/c22-24(23,16-9-3-4-10-19-16)17-14-7-1-2-8-15(14)21(20-17)12-13-6-5-11-18-13/h1-4,7-10,13,18H,5-6,11-12H2. The van der Waals surface area contributed by atoms with E-state index in [0.717, 1.165) is 24.9 Å². The van der Waals surface area contributed by atoms with Crippen molar-refractivity contribution in [1.29, 1.82) is 0 Å². The van der Waals surface area contributed by atoms with Crippen LogP contribution >= 0.6 is 0 Å². The van der Waals surface area contributed by atoms with Crippen LogP contribution in [0.4, 0.5) is 0 Å². The SMILES string of the molecule is O=S(=O)(c1ccccn1)c1nn(CC2CCCN2)c2ccccc12. The predicted octanol–water partition coefficient (Wildman–Crippen LogP) is 2.02. The van der Waals surface area contributed by atoms with Gasteiger partial charge in [-0.2, -0.15) is 5.10 Å². The quantitative estimate of drug-likeness (QED) is 0.785. The van der Waals surface area contributed by atoms with Gasteiger partial charge in [-0.25, -0.2) is 13.4 Å². The lowest BCUT2D eigenvalue weighted by atomic mass is 10.2. The summed E-state index contributed by atoms with van der Waals surface area (Å²) in [5, 5.41) is 8.62. The minimum atomic E-state index is -3.74. The summed E-state index contributed by atoms with van der Waals surface area (Å²) < 4.78 is 27.7. The lowest BCUT2D eigenvalue weighted by molar-refractivity contribution is 0.478. The second kappa shape index (κ2) is 5.99. The van der Waals surface area contributed by atoms with Crippen LogP contribution in [0.5, 0.6) is 0 Å². The molecular formula is C17H18N4O2S. The highest BCUT2D eigenvalue weighted by Gasteiger charge is 2.27. The highest BCUT2D eigenvalue weighted by Crippen LogP contribution is 2.27. The molecule has 2 aromatic heterocycles. The van der Waals surface area contributed by atoms with Crippen molar-refractivity contribution < 1.29 is 8.42 Å². The second-order valence-corrected chi connectivity index (χ2v) is 7.78. The summed E-state index contributed by atoms with van der Waals surface area (Å²) >= 11 is 0. The van der Waals surface area contributed by atoms with Gasteiger partial charge in [0.1, 0.15) is 0 Å². The van der Waals surface area contributed by atoms with E-state index in [0.29, 0.717) is 18.0 Å². The van der Waals surface area contributed by atoms with Crippen molar-refractivity contribution in [3.8, 4) is 0 Å². The summed E-state index contributed by atoms with van der Waals surface area (Å²) in [7, 11) is -3.74. The van der Waals surface area contributed by atoms with Gasteiger partial charge in [-0.15, -0.1) is 0 Å². The van der Waals surface area contributed by atoms with Crippen LogP contribution in [0, 0.1) is 0 Å². The minimum Gasteiger partial charge on any atom is -0.312 e. The molecule has 6 nitrogen and oxygen atoms in total. The van der Waals surface area contributed by atoms with Crippen LogP contribution in [0.3, 0.4) is 0 Å². The molecular weight excluding hydrogens is 324 g/mol. The predicted molar refractivity (Wildman–Crippen MR) is 90.4 cm³/mol. The highest BCUT2D eigenvalue weighted by molar-refractivity contribution is 7.91. The topological polar surface area (TPSA) is 76.9 Å². The van der Waals surface area contributed by atoms with Gasteiger partial charge in [-0.1, -0.05) is 18.2 Å². The fourth-order valence-electron chi connectivity index (χ4n) is 3.16. The largest absolute Gasteiger partial charge is 0.312 e. The molecule has 1 unspecified atom stereocenters. The average Bonchev–Trinajstić information content (AvgIpc) is 3.25. The molecule has 0 spiro atoms. The van der Waals surface area contributed by atoms with E-state index in [1.807, 2.05) is 18.2 Å². The maximum absolute atomic E-state index is 12.9. The van der Waals surface area contributed by atoms with E-state index in [9.17, 15) is 8.42 Å². The number of aromatic nitrogens is 3. The van der Waals surface area contributed by atoms with E-state index in [4.69, 9.17) is 0 Å². The molecule has 1 atom stereocenters. The molecule has 0 amide bonds.